The molecule has 4 heteroatoms. The predicted molar refractivity (Wildman–Crippen MR) is 73.4 cm³/mol. The molecule has 2 fully saturated rings. The maximum Gasteiger partial charge on any atom is 0.235 e. The van der Waals surface area contributed by atoms with Gasteiger partial charge in [-0.15, -0.1) is 0 Å². The van der Waals surface area contributed by atoms with Gasteiger partial charge in [-0.1, -0.05) is 17.7 Å². The molecule has 0 atom stereocenters. The summed E-state index contributed by atoms with van der Waals surface area (Å²) in [7, 11) is 0. The van der Waals surface area contributed by atoms with Crippen molar-refractivity contribution < 1.29 is 9.53 Å². The highest BCUT2D eigenvalue weighted by molar-refractivity contribution is 6.32. The number of benzene rings is 1. The molecule has 2 saturated carbocycles. The summed E-state index contributed by atoms with van der Waals surface area (Å²) in [6.07, 6.45) is 8.42. The Bertz CT molecular complexity index is 527. The molecule has 2 aliphatic rings. The Hall–Kier alpha value is -1.31. The minimum absolute atomic E-state index is 0.297. The first-order valence-corrected chi connectivity index (χ1v) is 7.17. The molecule has 2 aliphatic carbocycles. The summed E-state index contributed by atoms with van der Waals surface area (Å²) in [5.41, 5.74) is 0.622. The van der Waals surface area contributed by atoms with Gasteiger partial charge < -0.3 is 4.74 Å². The quantitative estimate of drug-likeness (QED) is 0.617. The Balaban J connectivity index is 1.79. The van der Waals surface area contributed by atoms with Crippen molar-refractivity contribution in [1.82, 2.24) is 0 Å². The lowest BCUT2D eigenvalue weighted by Crippen LogP contribution is -2.11. The van der Waals surface area contributed by atoms with E-state index in [1.807, 2.05) is 18.2 Å². The van der Waals surface area contributed by atoms with E-state index in [1.165, 1.54) is 12.8 Å². The van der Waals surface area contributed by atoms with Gasteiger partial charge in [-0.2, -0.15) is 4.99 Å². The van der Waals surface area contributed by atoms with Crippen LogP contribution in [-0.4, -0.2) is 12.2 Å². The topological polar surface area (TPSA) is 38.7 Å². The summed E-state index contributed by atoms with van der Waals surface area (Å²) < 4.78 is 5.91. The molecule has 100 valence electrons. The third-order valence-corrected chi connectivity index (χ3v) is 4.34. The van der Waals surface area contributed by atoms with Crippen LogP contribution in [0.1, 0.15) is 44.1 Å². The minimum atomic E-state index is -0.364. The van der Waals surface area contributed by atoms with Crippen LogP contribution < -0.4 is 4.74 Å². The number of carbonyl (C=O) groups excluding carboxylic acids is 1. The van der Waals surface area contributed by atoms with Crippen LogP contribution in [0.25, 0.3) is 0 Å². The maximum atomic E-state index is 10.5. The second-order valence-corrected chi connectivity index (χ2v) is 5.81. The zero-order valence-electron chi connectivity index (χ0n) is 10.7. The Morgan fingerprint density at radius 3 is 2.63 bits per heavy atom. The molecular formula is C15H16ClNO2. The number of isocyanates is 1. The van der Waals surface area contributed by atoms with Gasteiger partial charge in [0.1, 0.15) is 5.75 Å². The van der Waals surface area contributed by atoms with Crippen molar-refractivity contribution in [3.8, 4) is 5.75 Å². The molecule has 3 rings (SSSR count). The lowest BCUT2D eigenvalue weighted by Gasteiger charge is -2.16. The summed E-state index contributed by atoms with van der Waals surface area (Å²) >= 11 is 6.28. The van der Waals surface area contributed by atoms with E-state index >= 15 is 0 Å². The fraction of sp³-hybridized carbons (Fsp3) is 0.533. The van der Waals surface area contributed by atoms with E-state index in [2.05, 4.69) is 4.99 Å². The van der Waals surface area contributed by atoms with Crippen LogP contribution in [0.4, 0.5) is 0 Å². The molecule has 0 bridgehead atoms. The largest absolute Gasteiger partial charge is 0.489 e. The van der Waals surface area contributed by atoms with E-state index in [0.717, 1.165) is 37.0 Å². The average molecular weight is 278 g/mol. The van der Waals surface area contributed by atoms with Gasteiger partial charge in [0.05, 0.1) is 16.7 Å². The fourth-order valence-corrected chi connectivity index (χ4v) is 2.97. The second kappa shape index (κ2) is 4.99. The summed E-state index contributed by atoms with van der Waals surface area (Å²) in [5.74, 6) is 0.739. The molecular weight excluding hydrogens is 262 g/mol. The molecule has 19 heavy (non-hydrogen) atoms. The first-order valence-electron chi connectivity index (χ1n) is 6.79. The SMILES string of the molecule is O=C=NC1(c2ccc(OC3CCCC3)c(Cl)c2)CC1. The average Bonchev–Trinajstić information content (AvgIpc) is 3.00. The van der Waals surface area contributed by atoms with Crippen LogP contribution in [0.2, 0.25) is 5.02 Å². The van der Waals surface area contributed by atoms with E-state index in [9.17, 15) is 4.79 Å². The van der Waals surface area contributed by atoms with Gasteiger partial charge in [-0.05, 0) is 56.2 Å². The lowest BCUT2D eigenvalue weighted by molar-refractivity contribution is 0.210. The maximum absolute atomic E-state index is 10.5. The van der Waals surface area contributed by atoms with Crippen LogP contribution >= 0.6 is 11.6 Å². The van der Waals surface area contributed by atoms with Crippen LogP contribution in [0.15, 0.2) is 23.2 Å². The summed E-state index contributed by atoms with van der Waals surface area (Å²) in [4.78, 5) is 14.4. The van der Waals surface area contributed by atoms with Crippen LogP contribution in [0.5, 0.6) is 5.75 Å². The van der Waals surface area contributed by atoms with Crippen molar-refractivity contribution >= 4 is 17.7 Å². The third kappa shape index (κ3) is 2.54. The molecule has 1 aromatic carbocycles. The minimum Gasteiger partial charge on any atom is -0.489 e. The molecule has 0 amide bonds. The highest BCUT2D eigenvalue weighted by Gasteiger charge is 2.45. The third-order valence-electron chi connectivity index (χ3n) is 4.05. The van der Waals surface area contributed by atoms with Gasteiger partial charge in [0, 0.05) is 0 Å². The van der Waals surface area contributed by atoms with Gasteiger partial charge >= 0.3 is 0 Å². The van der Waals surface area contributed by atoms with Gasteiger partial charge in [-0.25, -0.2) is 4.79 Å². The molecule has 0 spiro atoms. The van der Waals surface area contributed by atoms with E-state index < -0.39 is 0 Å². The van der Waals surface area contributed by atoms with Crippen molar-refractivity contribution in [1.29, 1.82) is 0 Å². The highest BCUT2D eigenvalue weighted by Crippen LogP contribution is 2.50. The predicted octanol–water partition coefficient (Wildman–Crippen LogP) is 3.99. The highest BCUT2D eigenvalue weighted by atomic mass is 35.5. The first-order chi connectivity index (χ1) is 9.23. The van der Waals surface area contributed by atoms with Gasteiger partial charge in [0.25, 0.3) is 0 Å². The zero-order chi connectivity index (χ0) is 13.3. The van der Waals surface area contributed by atoms with Crippen molar-refractivity contribution in [2.45, 2.75) is 50.2 Å². The van der Waals surface area contributed by atoms with Crippen molar-refractivity contribution in [3.63, 3.8) is 0 Å². The Morgan fingerprint density at radius 2 is 2.05 bits per heavy atom. The van der Waals surface area contributed by atoms with Crippen molar-refractivity contribution in [2.24, 2.45) is 4.99 Å². The molecule has 0 aliphatic heterocycles. The molecule has 0 heterocycles. The summed E-state index contributed by atoms with van der Waals surface area (Å²) in [6.45, 7) is 0. The normalized spacial score (nSPS) is 20.9. The van der Waals surface area contributed by atoms with E-state index in [-0.39, 0.29) is 5.54 Å². The number of hydrogen-bond acceptors (Lipinski definition) is 3. The summed E-state index contributed by atoms with van der Waals surface area (Å²) in [6, 6.07) is 5.74. The van der Waals surface area contributed by atoms with Crippen molar-refractivity contribution in [2.75, 3.05) is 0 Å². The Kier molecular flexibility index (Phi) is 3.34. The molecule has 0 N–H and O–H groups in total. The van der Waals surface area contributed by atoms with E-state index in [1.54, 1.807) is 6.08 Å². The van der Waals surface area contributed by atoms with Crippen LogP contribution in [0, 0.1) is 0 Å². The standard InChI is InChI=1S/C15H16ClNO2/c16-13-9-11(15(7-8-15)17-10-18)5-6-14(13)19-12-3-1-2-4-12/h5-6,9,12H,1-4,7-8H2. The van der Waals surface area contributed by atoms with Crippen LogP contribution in [0.3, 0.4) is 0 Å². The summed E-state index contributed by atoms with van der Waals surface area (Å²) in [5, 5.41) is 0.608. The Labute approximate surface area is 117 Å². The number of nitrogens with zero attached hydrogens (tertiary/aromatic N) is 1. The number of hydrogen-bond donors (Lipinski definition) is 0. The number of aliphatic imine (C=N–C) groups is 1. The Morgan fingerprint density at radius 1 is 1.32 bits per heavy atom. The smallest absolute Gasteiger partial charge is 0.235 e. The number of halogens is 1. The molecule has 0 unspecified atom stereocenters. The van der Waals surface area contributed by atoms with E-state index in [4.69, 9.17) is 16.3 Å². The molecule has 0 aromatic heterocycles. The van der Waals surface area contributed by atoms with Crippen LogP contribution in [-0.2, 0) is 10.3 Å². The number of rotatable bonds is 4. The monoisotopic (exact) mass is 277 g/mol. The zero-order valence-corrected chi connectivity index (χ0v) is 11.4. The fourth-order valence-electron chi connectivity index (χ4n) is 2.74. The lowest BCUT2D eigenvalue weighted by atomic mass is 10.1. The van der Waals surface area contributed by atoms with Gasteiger partial charge in [-0.3, -0.25) is 0 Å². The first kappa shape index (κ1) is 12.7. The molecule has 1 aromatic rings. The second-order valence-electron chi connectivity index (χ2n) is 5.40. The molecule has 0 saturated heterocycles. The van der Waals surface area contributed by atoms with Gasteiger partial charge in [0.15, 0.2) is 0 Å². The number of ether oxygens (including phenoxy) is 1. The van der Waals surface area contributed by atoms with Crippen molar-refractivity contribution in [3.05, 3.63) is 28.8 Å². The molecule has 0 radical (unpaired) electrons. The molecule has 3 nitrogen and oxygen atoms in total. The van der Waals surface area contributed by atoms with E-state index in [0.29, 0.717) is 11.1 Å². The van der Waals surface area contributed by atoms with Gasteiger partial charge in [0.2, 0.25) is 6.08 Å².